The molecule has 0 bridgehead atoms. The molecule has 0 fully saturated rings. The highest BCUT2D eigenvalue weighted by Gasteiger charge is 2.10. The van der Waals surface area contributed by atoms with Crippen LogP contribution in [0.4, 0.5) is 15.8 Å². The van der Waals surface area contributed by atoms with Gasteiger partial charge in [0.25, 0.3) is 0 Å². The number of nitrogens with zero attached hydrogens (tertiary/aromatic N) is 1. The van der Waals surface area contributed by atoms with Crippen molar-refractivity contribution in [1.29, 1.82) is 0 Å². The Morgan fingerprint density at radius 2 is 2.24 bits per heavy atom. The van der Waals surface area contributed by atoms with Crippen LogP contribution in [0.15, 0.2) is 33.4 Å². The number of hydrogen-bond acceptors (Lipinski definition) is 4. The number of hydrogen-bond donors (Lipinski definition) is 2. The van der Waals surface area contributed by atoms with Crippen LogP contribution in [0.1, 0.15) is 5.56 Å². The van der Waals surface area contributed by atoms with Crippen LogP contribution in [-0.4, -0.2) is 24.4 Å². The smallest absolute Gasteiger partial charge is 0.238 e. The number of amides is 1. The van der Waals surface area contributed by atoms with Crippen molar-refractivity contribution in [2.45, 2.75) is 6.54 Å². The lowest BCUT2D eigenvalue weighted by Gasteiger charge is -2.16. The van der Waals surface area contributed by atoms with Crippen LogP contribution in [0.25, 0.3) is 0 Å². The Bertz CT molecular complexity index is 647. The highest BCUT2D eigenvalue weighted by atomic mass is 79.9. The van der Waals surface area contributed by atoms with Gasteiger partial charge in [0.2, 0.25) is 5.91 Å². The number of rotatable bonds is 5. The third-order valence-electron chi connectivity index (χ3n) is 2.78. The molecule has 1 aromatic heterocycles. The predicted octanol–water partition coefficient (Wildman–Crippen LogP) is 3.30. The van der Waals surface area contributed by atoms with Crippen LogP contribution in [0.3, 0.4) is 0 Å². The maximum atomic E-state index is 13.1. The minimum Gasteiger partial charge on any atom is -0.397 e. The Morgan fingerprint density at radius 3 is 2.90 bits per heavy atom. The van der Waals surface area contributed by atoms with Gasteiger partial charge in [0.05, 0.1) is 21.7 Å². The summed E-state index contributed by atoms with van der Waals surface area (Å²) in [7, 11) is 1.85. The molecule has 0 radical (unpaired) electrons. The lowest BCUT2D eigenvalue weighted by Crippen LogP contribution is -2.30. The van der Waals surface area contributed by atoms with E-state index in [4.69, 9.17) is 5.73 Å². The fraction of sp³-hybridized carbons (Fsp3) is 0.214. The standard InChI is InChI=1S/C14H15BrFN3OS/c1-19(6-9-4-13(15)21-8-9)7-14(20)18-12-5-10(16)2-3-11(12)17/h2-5,8H,6-7,17H2,1H3,(H,18,20). The first-order valence-corrected chi connectivity index (χ1v) is 7.87. The molecule has 4 nitrogen and oxygen atoms in total. The van der Waals surface area contributed by atoms with Gasteiger partial charge in [0.15, 0.2) is 0 Å². The van der Waals surface area contributed by atoms with Crippen molar-refractivity contribution in [2.24, 2.45) is 0 Å². The van der Waals surface area contributed by atoms with Crippen LogP contribution >= 0.6 is 27.3 Å². The Balaban J connectivity index is 1.90. The van der Waals surface area contributed by atoms with Crippen molar-refractivity contribution in [3.63, 3.8) is 0 Å². The lowest BCUT2D eigenvalue weighted by molar-refractivity contribution is -0.117. The fourth-order valence-corrected chi connectivity index (χ4v) is 3.07. The largest absolute Gasteiger partial charge is 0.397 e. The van der Waals surface area contributed by atoms with E-state index in [1.165, 1.54) is 18.2 Å². The highest BCUT2D eigenvalue weighted by Crippen LogP contribution is 2.22. The van der Waals surface area contributed by atoms with E-state index in [1.807, 2.05) is 23.4 Å². The molecule has 0 aliphatic carbocycles. The van der Waals surface area contributed by atoms with E-state index in [1.54, 1.807) is 11.3 Å². The Hall–Kier alpha value is -1.44. The second-order valence-electron chi connectivity index (χ2n) is 4.71. The van der Waals surface area contributed by atoms with E-state index in [0.717, 1.165) is 9.35 Å². The fourth-order valence-electron chi connectivity index (χ4n) is 1.87. The van der Waals surface area contributed by atoms with Crippen LogP contribution in [0, 0.1) is 5.82 Å². The normalized spacial score (nSPS) is 10.9. The molecule has 0 aliphatic rings. The number of benzene rings is 1. The monoisotopic (exact) mass is 371 g/mol. The van der Waals surface area contributed by atoms with E-state index < -0.39 is 5.82 Å². The molecular formula is C14H15BrFN3OS. The van der Waals surface area contributed by atoms with Crippen LogP contribution in [0.5, 0.6) is 0 Å². The van der Waals surface area contributed by atoms with Gasteiger partial charge in [-0.05, 0) is 58.2 Å². The zero-order valence-corrected chi connectivity index (χ0v) is 13.8. The topological polar surface area (TPSA) is 58.4 Å². The molecule has 1 amide bonds. The Kier molecular flexibility index (Phi) is 5.33. The van der Waals surface area contributed by atoms with Crippen LogP contribution in [0.2, 0.25) is 0 Å². The van der Waals surface area contributed by atoms with Gasteiger partial charge >= 0.3 is 0 Å². The summed E-state index contributed by atoms with van der Waals surface area (Å²) in [5.41, 5.74) is 7.47. The third kappa shape index (κ3) is 4.80. The molecule has 112 valence electrons. The summed E-state index contributed by atoms with van der Waals surface area (Å²) in [6, 6.07) is 5.91. The van der Waals surface area contributed by atoms with Gasteiger partial charge in [-0.25, -0.2) is 4.39 Å². The van der Waals surface area contributed by atoms with Gasteiger partial charge in [-0.2, -0.15) is 0 Å². The molecule has 0 atom stereocenters. The summed E-state index contributed by atoms with van der Waals surface area (Å²) in [5.74, 6) is -0.667. The second kappa shape index (κ2) is 7.02. The van der Waals surface area contributed by atoms with Gasteiger partial charge in [-0.3, -0.25) is 9.69 Å². The zero-order chi connectivity index (χ0) is 15.4. The van der Waals surface area contributed by atoms with Gasteiger partial charge in [-0.1, -0.05) is 0 Å². The molecule has 3 N–H and O–H groups in total. The number of likely N-dealkylation sites (N-methyl/N-ethyl adjacent to an activating group) is 1. The number of thiophene rings is 1. The van der Waals surface area contributed by atoms with E-state index in [2.05, 4.69) is 21.2 Å². The quantitative estimate of drug-likeness (QED) is 0.792. The average Bonchev–Trinajstić information content (AvgIpc) is 2.79. The molecule has 21 heavy (non-hydrogen) atoms. The van der Waals surface area contributed by atoms with E-state index in [9.17, 15) is 9.18 Å². The zero-order valence-electron chi connectivity index (χ0n) is 11.4. The molecule has 0 saturated carbocycles. The summed E-state index contributed by atoms with van der Waals surface area (Å²) in [6.45, 7) is 0.859. The summed E-state index contributed by atoms with van der Waals surface area (Å²) < 4.78 is 14.2. The number of carbonyl (C=O) groups excluding carboxylic acids is 1. The van der Waals surface area contributed by atoms with Crippen LogP contribution in [-0.2, 0) is 11.3 Å². The SMILES string of the molecule is CN(CC(=O)Nc1cc(F)ccc1N)Cc1csc(Br)c1. The first-order valence-electron chi connectivity index (χ1n) is 6.20. The number of anilines is 2. The van der Waals surface area contributed by atoms with Crippen molar-refractivity contribution in [3.8, 4) is 0 Å². The summed E-state index contributed by atoms with van der Waals surface area (Å²) in [5, 5.41) is 4.65. The second-order valence-corrected chi connectivity index (χ2v) is 7.00. The van der Waals surface area contributed by atoms with Gasteiger partial charge in [0.1, 0.15) is 5.82 Å². The summed E-state index contributed by atoms with van der Waals surface area (Å²) in [6.07, 6.45) is 0. The maximum absolute atomic E-state index is 13.1. The molecule has 2 aromatic rings. The third-order valence-corrected chi connectivity index (χ3v) is 4.33. The Labute approximate surface area is 134 Å². The molecule has 0 spiro atoms. The van der Waals surface area contributed by atoms with E-state index in [0.29, 0.717) is 17.9 Å². The maximum Gasteiger partial charge on any atom is 0.238 e. The molecular weight excluding hydrogens is 357 g/mol. The highest BCUT2D eigenvalue weighted by molar-refractivity contribution is 9.11. The minimum atomic E-state index is -0.434. The lowest BCUT2D eigenvalue weighted by atomic mass is 10.2. The first kappa shape index (κ1) is 15.9. The van der Waals surface area contributed by atoms with Gasteiger partial charge in [0, 0.05) is 6.54 Å². The molecule has 0 unspecified atom stereocenters. The van der Waals surface area contributed by atoms with Crippen molar-refractivity contribution in [3.05, 3.63) is 44.8 Å². The summed E-state index contributed by atoms with van der Waals surface area (Å²) >= 11 is 5.01. The van der Waals surface area contributed by atoms with E-state index in [-0.39, 0.29) is 12.5 Å². The summed E-state index contributed by atoms with van der Waals surface area (Å²) in [4.78, 5) is 13.8. The van der Waals surface area contributed by atoms with Crippen molar-refractivity contribution < 1.29 is 9.18 Å². The number of nitrogens with two attached hydrogens (primary N) is 1. The first-order chi connectivity index (χ1) is 9.94. The van der Waals surface area contributed by atoms with Crippen molar-refractivity contribution >= 4 is 44.5 Å². The molecule has 1 heterocycles. The predicted molar refractivity (Wildman–Crippen MR) is 87.8 cm³/mol. The van der Waals surface area contributed by atoms with Crippen LogP contribution < -0.4 is 11.1 Å². The van der Waals surface area contributed by atoms with Gasteiger partial charge in [-0.15, -0.1) is 11.3 Å². The van der Waals surface area contributed by atoms with E-state index >= 15 is 0 Å². The average molecular weight is 372 g/mol. The number of nitrogen functional groups attached to an aromatic ring is 1. The van der Waals surface area contributed by atoms with Gasteiger partial charge < -0.3 is 11.1 Å². The molecule has 1 aromatic carbocycles. The minimum absolute atomic E-state index is 0.198. The molecule has 2 rings (SSSR count). The number of halogens is 2. The molecule has 7 heteroatoms. The Morgan fingerprint density at radius 1 is 1.48 bits per heavy atom. The molecule has 0 saturated heterocycles. The molecule has 0 aliphatic heterocycles. The number of carbonyl (C=O) groups is 1. The number of nitrogens with one attached hydrogen (secondary N) is 1. The van der Waals surface area contributed by atoms with Crippen molar-refractivity contribution in [2.75, 3.05) is 24.6 Å². The van der Waals surface area contributed by atoms with Crippen molar-refractivity contribution in [1.82, 2.24) is 4.90 Å².